The summed E-state index contributed by atoms with van der Waals surface area (Å²) in [6, 6.07) is 4.29. The monoisotopic (exact) mass is 295 g/mol. The van der Waals surface area contributed by atoms with Crippen molar-refractivity contribution >= 4 is 23.5 Å². The number of carbonyl (C=O) groups excluding carboxylic acids is 1. The Morgan fingerprint density at radius 1 is 1.35 bits per heavy atom. The second-order valence-electron chi connectivity index (χ2n) is 5.52. The third-order valence-electron chi connectivity index (χ3n) is 3.53. The van der Waals surface area contributed by atoms with Crippen molar-refractivity contribution in [3.63, 3.8) is 0 Å². The molecule has 1 amide bonds. The third kappa shape index (κ3) is 3.31. The second-order valence-corrected chi connectivity index (χ2v) is 5.92. The zero-order valence-electron chi connectivity index (χ0n) is 11.5. The summed E-state index contributed by atoms with van der Waals surface area (Å²) in [7, 11) is 0. The molecular formula is C15H18ClNO3. The summed E-state index contributed by atoms with van der Waals surface area (Å²) in [5.41, 5.74) is 1.37. The van der Waals surface area contributed by atoms with Crippen molar-refractivity contribution in [2.45, 2.75) is 38.6 Å². The summed E-state index contributed by atoms with van der Waals surface area (Å²) in [6.45, 7) is 4.04. The maximum Gasteiger partial charge on any atom is 0.326 e. The van der Waals surface area contributed by atoms with Crippen LogP contribution in [0.25, 0.3) is 0 Å². The molecule has 1 aliphatic carbocycles. The van der Waals surface area contributed by atoms with E-state index >= 15 is 0 Å². The van der Waals surface area contributed by atoms with E-state index in [9.17, 15) is 9.59 Å². The Morgan fingerprint density at radius 3 is 2.45 bits per heavy atom. The molecule has 0 radical (unpaired) electrons. The Kier molecular flexibility index (Phi) is 4.33. The lowest BCUT2D eigenvalue weighted by atomic mass is 10.0. The van der Waals surface area contributed by atoms with Crippen LogP contribution in [-0.2, 0) is 4.79 Å². The average molecular weight is 296 g/mol. The minimum atomic E-state index is -0.981. The molecule has 1 unspecified atom stereocenters. The number of carbonyl (C=O) groups is 2. The van der Waals surface area contributed by atoms with Gasteiger partial charge in [0.25, 0.3) is 5.91 Å². The molecule has 2 N–H and O–H groups in total. The van der Waals surface area contributed by atoms with Crippen LogP contribution in [0.5, 0.6) is 0 Å². The van der Waals surface area contributed by atoms with Crippen LogP contribution in [0, 0.1) is 5.92 Å². The number of hydrogen-bond donors (Lipinski definition) is 2. The van der Waals surface area contributed by atoms with Crippen LogP contribution in [0.2, 0.25) is 5.02 Å². The predicted octanol–water partition coefficient (Wildman–Crippen LogP) is 3.06. The number of halogens is 1. The first-order valence-corrected chi connectivity index (χ1v) is 7.11. The number of nitrogens with one attached hydrogen (secondary N) is 1. The topological polar surface area (TPSA) is 66.4 Å². The molecule has 0 heterocycles. The van der Waals surface area contributed by atoms with Gasteiger partial charge in [0.1, 0.15) is 6.04 Å². The highest BCUT2D eigenvalue weighted by atomic mass is 35.5. The molecule has 5 heteroatoms. The Hall–Kier alpha value is -1.55. The van der Waals surface area contributed by atoms with Crippen molar-refractivity contribution in [1.29, 1.82) is 0 Å². The van der Waals surface area contributed by atoms with E-state index in [1.54, 1.807) is 12.1 Å². The standard InChI is InChI=1S/C15H18ClNO3/c1-8(2)11-6-5-10(7-12(11)16)14(18)17-13(15(19)20)9-3-4-9/h5-9,13H,3-4H2,1-2H3,(H,17,18)(H,19,20). The van der Waals surface area contributed by atoms with E-state index in [1.807, 2.05) is 19.9 Å². The molecule has 1 aliphatic rings. The Bertz CT molecular complexity index is 538. The first kappa shape index (κ1) is 14.9. The fraction of sp³-hybridized carbons (Fsp3) is 0.467. The molecule has 20 heavy (non-hydrogen) atoms. The third-order valence-corrected chi connectivity index (χ3v) is 3.86. The van der Waals surface area contributed by atoms with E-state index in [0.29, 0.717) is 10.6 Å². The summed E-state index contributed by atoms with van der Waals surface area (Å²) < 4.78 is 0. The molecule has 1 atom stereocenters. The zero-order valence-corrected chi connectivity index (χ0v) is 12.3. The molecule has 1 fully saturated rings. The number of benzene rings is 1. The Balaban J connectivity index is 2.12. The minimum Gasteiger partial charge on any atom is -0.480 e. The molecule has 1 saturated carbocycles. The highest BCUT2D eigenvalue weighted by Gasteiger charge is 2.37. The van der Waals surface area contributed by atoms with Crippen LogP contribution >= 0.6 is 11.6 Å². The lowest BCUT2D eigenvalue weighted by Gasteiger charge is -2.14. The number of amides is 1. The van der Waals surface area contributed by atoms with Gasteiger partial charge in [-0.2, -0.15) is 0 Å². The van der Waals surface area contributed by atoms with Crippen LogP contribution in [0.3, 0.4) is 0 Å². The summed E-state index contributed by atoms with van der Waals surface area (Å²) in [5, 5.41) is 12.2. The maximum absolute atomic E-state index is 12.1. The first-order chi connectivity index (χ1) is 9.40. The number of rotatable bonds is 5. The van der Waals surface area contributed by atoms with E-state index in [1.165, 1.54) is 0 Å². The van der Waals surface area contributed by atoms with Crippen molar-refractivity contribution in [3.05, 3.63) is 34.3 Å². The highest BCUT2D eigenvalue weighted by Crippen LogP contribution is 2.33. The molecule has 0 bridgehead atoms. The van der Waals surface area contributed by atoms with Crippen LogP contribution in [0.15, 0.2) is 18.2 Å². The summed E-state index contributed by atoms with van der Waals surface area (Å²) >= 11 is 6.15. The van der Waals surface area contributed by atoms with E-state index in [0.717, 1.165) is 18.4 Å². The second kappa shape index (κ2) is 5.83. The Labute approximate surface area is 123 Å². The van der Waals surface area contributed by atoms with E-state index in [-0.39, 0.29) is 17.7 Å². The van der Waals surface area contributed by atoms with Crippen molar-refractivity contribution < 1.29 is 14.7 Å². The highest BCUT2D eigenvalue weighted by molar-refractivity contribution is 6.31. The SMILES string of the molecule is CC(C)c1ccc(C(=O)NC(C(=O)O)C2CC2)cc1Cl. The smallest absolute Gasteiger partial charge is 0.326 e. The largest absolute Gasteiger partial charge is 0.480 e. The van der Waals surface area contributed by atoms with Gasteiger partial charge in [-0.3, -0.25) is 4.79 Å². The molecule has 1 aromatic rings. The Morgan fingerprint density at radius 2 is 2.00 bits per heavy atom. The van der Waals surface area contributed by atoms with Crippen molar-refractivity contribution in [1.82, 2.24) is 5.32 Å². The molecule has 4 nitrogen and oxygen atoms in total. The van der Waals surface area contributed by atoms with Crippen LogP contribution in [0.1, 0.15) is 48.5 Å². The number of carboxylic acids is 1. The summed E-state index contributed by atoms with van der Waals surface area (Å²) in [6.07, 6.45) is 1.70. The quantitative estimate of drug-likeness (QED) is 0.877. The first-order valence-electron chi connectivity index (χ1n) is 6.73. The van der Waals surface area contributed by atoms with Gasteiger partial charge < -0.3 is 10.4 Å². The summed E-state index contributed by atoms with van der Waals surface area (Å²) in [5.74, 6) is -1.04. The molecular weight excluding hydrogens is 278 g/mol. The molecule has 108 valence electrons. The molecule has 0 saturated heterocycles. The van der Waals surface area contributed by atoms with Crippen LogP contribution < -0.4 is 5.32 Å². The number of aliphatic carboxylic acids is 1. The van der Waals surface area contributed by atoms with Crippen LogP contribution in [0.4, 0.5) is 0 Å². The van der Waals surface area contributed by atoms with Crippen molar-refractivity contribution in [2.24, 2.45) is 5.92 Å². The zero-order chi connectivity index (χ0) is 14.9. The molecule has 0 spiro atoms. The van der Waals surface area contributed by atoms with E-state index in [4.69, 9.17) is 16.7 Å². The summed E-state index contributed by atoms with van der Waals surface area (Å²) in [4.78, 5) is 23.2. The lowest BCUT2D eigenvalue weighted by molar-refractivity contribution is -0.139. The normalized spacial score (nSPS) is 16.0. The minimum absolute atomic E-state index is 0.0573. The van der Waals surface area contributed by atoms with Gasteiger partial charge in [0.2, 0.25) is 0 Å². The van der Waals surface area contributed by atoms with Gasteiger partial charge in [-0.25, -0.2) is 4.79 Å². The number of carboxylic acid groups (broad SMARTS) is 1. The van der Waals surface area contributed by atoms with Crippen molar-refractivity contribution in [2.75, 3.05) is 0 Å². The van der Waals surface area contributed by atoms with E-state index < -0.39 is 12.0 Å². The molecule has 0 aliphatic heterocycles. The molecule has 1 aromatic carbocycles. The van der Waals surface area contributed by atoms with Crippen molar-refractivity contribution in [3.8, 4) is 0 Å². The van der Waals surface area contributed by atoms with Gasteiger partial charge in [0, 0.05) is 10.6 Å². The fourth-order valence-electron chi connectivity index (χ4n) is 2.17. The van der Waals surface area contributed by atoms with Crippen LogP contribution in [-0.4, -0.2) is 23.0 Å². The average Bonchev–Trinajstić information content (AvgIpc) is 3.18. The van der Waals surface area contributed by atoms with E-state index in [2.05, 4.69) is 5.32 Å². The van der Waals surface area contributed by atoms with Gasteiger partial charge in [-0.15, -0.1) is 0 Å². The van der Waals surface area contributed by atoms with Gasteiger partial charge >= 0.3 is 5.97 Å². The fourth-order valence-corrected chi connectivity index (χ4v) is 2.57. The van der Waals surface area contributed by atoms with Gasteiger partial charge in [-0.1, -0.05) is 31.5 Å². The maximum atomic E-state index is 12.1. The molecule has 0 aromatic heterocycles. The number of hydrogen-bond acceptors (Lipinski definition) is 2. The predicted molar refractivity (Wildman–Crippen MR) is 77.2 cm³/mol. The molecule has 2 rings (SSSR count). The van der Waals surface area contributed by atoms with Gasteiger partial charge in [-0.05, 0) is 42.4 Å². The van der Waals surface area contributed by atoms with Gasteiger partial charge in [0.15, 0.2) is 0 Å². The van der Waals surface area contributed by atoms with Gasteiger partial charge in [0.05, 0.1) is 0 Å². The lowest BCUT2D eigenvalue weighted by Crippen LogP contribution is -2.42.